The van der Waals surface area contributed by atoms with E-state index in [2.05, 4.69) is 0 Å². The van der Waals surface area contributed by atoms with Crippen LogP contribution in [0.4, 0.5) is 0 Å². The molecule has 0 saturated carbocycles. The fraction of sp³-hybridized carbons (Fsp3) is 0. The van der Waals surface area contributed by atoms with Gasteiger partial charge in [0.2, 0.25) is 0 Å². The molecule has 0 aliphatic heterocycles. The Morgan fingerprint density at radius 2 is 1.65 bits per heavy atom. The normalized spacial score (nSPS) is 11.0. The lowest BCUT2D eigenvalue weighted by Crippen LogP contribution is -2.12. The topological polar surface area (TPSA) is 138 Å². The van der Waals surface area contributed by atoms with Crippen LogP contribution in [-0.2, 0) is 10.1 Å². The summed E-state index contributed by atoms with van der Waals surface area (Å²) in [5.74, 6) is -3.37. The van der Waals surface area contributed by atoms with Crippen LogP contribution in [0.3, 0.4) is 0 Å². The van der Waals surface area contributed by atoms with Crippen LogP contribution in [-0.4, -0.2) is 35.1 Å². The third kappa shape index (κ3) is 3.65. The zero-order valence-corrected chi connectivity index (χ0v) is 12.1. The number of rotatable bonds is 4. The van der Waals surface area contributed by atoms with Gasteiger partial charge < -0.3 is 14.9 Å². The van der Waals surface area contributed by atoms with Crippen molar-refractivity contribution in [3.05, 3.63) is 53.6 Å². The van der Waals surface area contributed by atoms with Crippen molar-refractivity contribution in [1.82, 2.24) is 0 Å². The number of para-hydroxylation sites is 1. The van der Waals surface area contributed by atoms with E-state index in [4.69, 9.17) is 14.4 Å². The van der Waals surface area contributed by atoms with E-state index in [9.17, 15) is 23.1 Å². The van der Waals surface area contributed by atoms with Crippen LogP contribution in [0.1, 0.15) is 20.7 Å². The van der Waals surface area contributed by atoms with Crippen LogP contribution in [0.25, 0.3) is 0 Å². The van der Waals surface area contributed by atoms with Crippen molar-refractivity contribution in [1.29, 1.82) is 0 Å². The Morgan fingerprint density at radius 1 is 1.00 bits per heavy atom. The molecular weight excluding hydrogens is 328 g/mol. The maximum absolute atomic E-state index is 11.9. The number of phenolic OH excluding ortho intramolecular Hbond substituents is 1. The number of phenols is 1. The van der Waals surface area contributed by atoms with Gasteiger partial charge in [-0.15, -0.1) is 0 Å². The van der Waals surface area contributed by atoms with E-state index in [1.54, 1.807) is 0 Å². The lowest BCUT2D eigenvalue weighted by molar-refractivity contribution is 0.0680. The maximum Gasteiger partial charge on any atom is 0.347 e. The van der Waals surface area contributed by atoms with Crippen LogP contribution in [0.5, 0.6) is 11.5 Å². The summed E-state index contributed by atoms with van der Waals surface area (Å²) in [7, 11) is -4.61. The Kier molecular flexibility index (Phi) is 4.34. The summed E-state index contributed by atoms with van der Waals surface area (Å²) < 4.78 is 35.9. The Labute approximate surface area is 130 Å². The maximum atomic E-state index is 11.9. The number of aromatic carboxylic acids is 1. The monoisotopic (exact) mass is 338 g/mol. The van der Waals surface area contributed by atoms with Gasteiger partial charge in [-0.3, -0.25) is 4.55 Å². The highest BCUT2D eigenvalue weighted by Crippen LogP contribution is 2.25. The van der Waals surface area contributed by atoms with E-state index in [0.29, 0.717) is 6.07 Å². The van der Waals surface area contributed by atoms with Crippen molar-refractivity contribution >= 4 is 22.1 Å². The number of benzene rings is 2. The predicted octanol–water partition coefficient (Wildman–Crippen LogP) is 1.56. The minimum atomic E-state index is -4.61. The SMILES string of the molecule is O=C(Oc1ccc(S(=O)(=O)O)cc1C(=O)O)c1ccccc1O. The lowest BCUT2D eigenvalue weighted by Gasteiger charge is -2.09. The zero-order chi connectivity index (χ0) is 17.2. The van der Waals surface area contributed by atoms with Crippen LogP contribution in [0.2, 0.25) is 0 Å². The third-order valence-electron chi connectivity index (χ3n) is 2.81. The van der Waals surface area contributed by atoms with E-state index in [-0.39, 0.29) is 11.3 Å². The Balaban J connectivity index is 2.42. The smallest absolute Gasteiger partial charge is 0.347 e. The van der Waals surface area contributed by atoms with Crippen molar-refractivity contribution < 1.29 is 37.5 Å². The fourth-order valence-corrected chi connectivity index (χ4v) is 2.23. The molecular formula is C14H10O8S. The highest BCUT2D eigenvalue weighted by Gasteiger charge is 2.21. The molecule has 0 bridgehead atoms. The molecule has 120 valence electrons. The predicted molar refractivity (Wildman–Crippen MR) is 76.3 cm³/mol. The third-order valence-corrected chi connectivity index (χ3v) is 3.66. The summed E-state index contributed by atoms with van der Waals surface area (Å²) in [4.78, 5) is 22.5. The number of esters is 1. The minimum absolute atomic E-state index is 0.192. The van der Waals surface area contributed by atoms with Crippen molar-refractivity contribution in [2.45, 2.75) is 4.90 Å². The number of carbonyl (C=O) groups excluding carboxylic acids is 1. The number of aromatic hydroxyl groups is 1. The highest BCUT2D eigenvalue weighted by molar-refractivity contribution is 7.85. The van der Waals surface area contributed by atoms with Crippen LogP contribution in [0.15, 0.2) is 47.4 Å². The fourth-order valence-electron chi connectivity index (χ4n) is 1.73. The highest BCUT2D eigenvalue weighted by atomic mass is 32.2. The van der Waals surface area contributed by atoms with E-state index < -0.39 is 38.3 Å². The molecule has 0 amide bonds. The van der Waals surface area contributed by atoms with Crippen molar-refractivity contribution in [2.75, 3.05) is 0 Å². The first kappa shape index (κ1) is 16.5. The number of carboxylic acid groups (broad SMARTS) is 1. The second kappa shape index (κ2) is 6.07. The summed E-state index contributed by atoms with van der Waals surface area (Å²) in [6.45, 7) is 0. The summed E-state index contributed by atoms with van der Waals surface area (Å²) in [6.07, 6.45) is 0. The molecule has 0 saturated heterocycles. The van der Waals surface area contributed by atoms with Crippen LogP contribution >= 0.6 is 0 Å². The minimum Gasteiger partial charge on any atom is -0.507 e. The van der Waals surface area contributed by atoms with E-state index in [1.165, 1.54) is 24.3 Å². The first-order valence-electron chi connectivity index (χ1n) is 6.05. The van der Waals surface area contributed by atoms with Crippen molar-refractivity contribution in [3.63, 3.8) is 0 Å². The van der Waals surface area contributed by atoms with E-state index >= 15 is 0 Å². The Hall–Kier alpha value is -2.91. The molecule has 0 aliphatic carbocycles. The van der Waals surface area contributed by atoms with E-state index in [0.717, 1.165) is 12.1 Å². The largest absolute Gasteiger partial charge is 0.507 e. The van der Waals surface area contributed by atoms with Crippen molar-refractivity contribution in [2.24, 2.45) is 0 Å². The average Bonchev–Trinajstić information content (AvgIpc) is 2.46. The summed E-state index contributed by atoms with van der Waals surface area (Å²) in [5.41, 5.74) is -0.827. The molecule has 2 aromatic rings. The van der Waals surface area contributed by atoms with Crippen molar-refractivity contribution in [3.8, 4) is 11.5 Å². The Morgan fingerprint density at radius 3 is 2.22 bits per heavy atom. The van der Waals surface area contributed by atoms with Gasteiger partial charge in [-0.1, -0.05) is 12.1 Å². The molecule has 0 radical (unpaired) electrons. The molecule has 23 heavy (non-hydrogen) atoms. The first-order valence-corrected chi connectivity index (χ1v) is 7.49. The molecule has 0 heterocycles. The van der Waals surface area contributed by atoms with Gasteiger partial charge in [0.15, 0.2) is 0 Å². The van der Waals surface area contributed by atoms with Gasteiger partial charge in [-0.25, -0.2) is 9.59 Å². The second-order valence-electron chi connectivity index (χ2n) is 4.34. The zero-order valence-electron chi connectivity index (χ0n) is 11.3. The molecule has 0 unspecified atom stereocenters. The molecule has 0 fully saturated rings. The van der Waals surface area contributed by atoms with Gasteiger partial charge in [0.05, 0.1) is 4.90 Å². The lowest BCUT2D eigenvalue weighted by atomic mass is 10.2. The summed E-state index contributed by atoms with van der Waals surface area (Å²) in [6, 6.07) is 7.93. The quantitative estimate of drug-likeness (QED) is 0.434. The number of carboxylic acids is 1. The molecule has 2 rings (SSSR count). The summed E-state index contributed by atoms with van der Waals surface area (Å²) in [5, 5.41) is 18.6. The summed E-state index contributed by atoms with van der Waals surface area (Å²) >= 11 is 0. The van der Waals surface area contributed by atoms with E-state index in [1.807, 2.05) is 0 Å². The van der Waals surface area contributed by atoms with Gasteiger partial charge in [-0.2, -0.15) is 8.42 Å². The van der Waals surface area contributed by atoms with Crippen LogP contribution in [0, 0.1) is 0 Å². The van der Waals surface area contributed by atoms with Crippen LogP contribution < -0.4 is 4.74 Å². The van der Waals surface area contributed by atoms with Gasteiger partial charge in [-0.05, 0) is 30.3 Å². The molecule has 0 spiro atoms. The molecule has 9 heteroatoms. The first-order chi connectivity index (χ1) is 10.7. The standard InChI is InChI=1S/C14H10O8S/c15-11-4-2-1-3-9(11)14(18)22-12-6-5-8(23(19,20)21)7-10(12)13(16)17/h1-7,15H,(H,16,17)(H,19,20,21). The molecule has 0 aromatic heterocycles. The van der Waals surface area contributed by atoms with Gasteiger partial charge in [0.25, 0.3) is 10.1 Å². The number of hydrogen-bond acceptors (Lipinski definition) is 6. The number of hydrogen-bond donors (Lipinski definition) is 3. The molecule has 2 aromatic carbocycles. The Bertz CT molecular complexity index is 885. The molecule has 3 N–H and O–H groups in total. The molecule has 0 aliphatic rings. The second-order valence-corrected chi connectivity index (χ2v) is 5.77. The van der Waals surface area contributed by atoms with Gasteiger partial charge in [0, 0.05) is 0 Å². The number of ether oxygens (including phenoxy) is 1. The molecule has 0 atom stereocenters. The number of carbonyl (C=O) groups is 2. The average molecular weight is 338 g/mol. The molecule has 8 nitrogen and oxygen atoms in total. The van der Waals surface area contributed by atoms with Gasteiger partial charge >= 0.3 is 11.9 Å². The van der Waals surface area contributed by atoms with Gasteiger partial charge in [0.1, 0.15) is 22.6 Å².